The van der Waals surface area contributed by atoms with Crippen molar-refractivity contribution in [1.82, 2.24) is 4.98 Å². The molecule has 0 saturated heterocycles. The van der Waals surface area contributed by atoms with Crippen LogP contribution in [0, 0.1) is 5.95 Å². The molecule has 1 N–H and O–H groups in total. The van der Waals surface area contributed by atoms with Crippen LogP contribution in [0.5, 0.6) is 0 Å². The van der Waals surface area contributed by atoms with Gasteiger partial charge in [0.25, 0.3) is 5.91 Å². The number of hydrogen-bond acceptors (Lipinski definition) is 2. The highest BCUT2D eigenvalue weighted by Gasteiger charge is 2.33. The lowest BCUT2D eigenvalue weighted by Gasteiger charge is -2.13. The van der Waals surface area contributed by atoms with Crippen molar-refractivity contribution >= 4 is 11.6 Å². The fraction of sp³-hybridized carbons (Fsp3) is 0.0769. The van der Waals surface area contributed by atoms with Gasteiger partial charge in [0.15, 0.2) is 0 Å². The lowest BCUT2D eigenvalue weighted by atomic mass is 10.1. The van der Waals surface area contributed by atoms with Gasteiger partial charge in [-0.25, -0.2) is 4.98 Å². The van der Waals surface area contributed by atoms with Gasteiger partial charge in [-0.05, 0) is 24.3 Å². The average Bonchev–Trinajstić information content (AvgIpc) is 2.38. The maximum Gasteiger partial charge on any atom is 0.418 e. The van der Waals surface area contributed by atoms with E-state index in [1.807, 2.05) is 5.32 Å². The molecule has 0 spiro atoms. The van der Waals surface area contributed by atoms with Crippen molar-refractivity contribution in [3.8, 4) is 0 Å². The molecule has 0 saturated carbocycles. The molecule has 0 bridgehead atoms. The molecule has 0 fully saturated rings. The van der Waals surface area contributed by atoms with Gasteiger partial charge in [-0.2, -0.15) is 17.6 Å². The molecular weight excluding hydrogens is 276 g/mol. The minimum absolute atomic E-state index is 0.426. The van der Waals surface area contributed by atoms with Crippen LogP contribution in [0.1, 0.15) is 15.9 Å². The number of hydrogen-bond donors (Lipinski definition) is 1. The quantitative estimate of drug-likeness (QED) is 0.677. The highest BCUT2D eigenvalue weighted by atomic mass is 19.4. The zero-order valence-corrected chi connectivity index (χ0v) is 9.91. The smallest absolute Gasteiger partial charge is 0.321 e. The van der Waals surface area contributed by atoms with Crippen LogP contribution >= 0.6 is 0 Å². The van der Waals surface area contributed by atoms with Crippen LogP contribution in [0.15, 0.2) is 42.6 Å². The van der Waals surface area contributed by atoms with Crippen molar-refractivity contribution in [3.05, 3.63) is 59.7 Å². The van der Waals surface area contributed by atoms with E-state index in [9.17, 15) is 22.4 Å². The summed E-state index contributed by atoms with van der Waals surface area (Å²) >= 11 is 0. The maximum absolute atomic E-state index is 13.3. The summed E-state index contributed by atoms with van der Waals surface area (Å²) in [4.78, 5) is 15.0. The number of carbonyl (C=O) groups is 1. The number of amides is 1. The van der Waals surface area contributed by atoms with Gasteiger partial charge >= 0.3 is 6.18 Å². The van der Waals surface area contributed by atoms with Crippen molar-refractivity contribution in [3.63, 3.8) is 0 Å². The van der Waals surface area contributed by atoms with Crippen molar-refractivity contribution in [2.24, 2.45) is 0 Å². The van der Waals surface area contributed by atoms with E-state index in [-0.39, 0.29) is 0 Å². The Balaban J connectivity index is 2.32. The molecule has 1 aromatic heterocycles. The Morgan fingerprint density at radius 3 is 2.45 bits per heavy atom. The minimum Gasteiger partial charge on any atom is -0.321 e. The Bertz CT molecular complexity index is 640. The standard InChI is InChI=1S/C13H8F4N2O/c14-11-8(4-3-7-18-11)12(20)19-10-6-2-1-5-9(10)13(15,16)17/h1-7H,(H,19,20). The first-order valence-electron chi connectivity index (χ1n) is 5.47. The molecule has 0 radical (unpaired) electrons. The number of halogens is 4. The Labute approximate surface area is 111 Å². The molecule has 1 amide bonds. The largest absolute Gasteiger partial charge is 0.418 e. The summed E-state index contributed by atoms with van der Waals surface area (Å²) in [7, 11) is 0. The predicted octanol–water partition coefficient (Wildman–Crippen LogP) is 3.49. The normalized spacial score (nSPS) is 11.2. The molecule has 1 aromatic carbocycles. The lowest BCUT2D eigenvalue weighted by Crippen LogP contribution is -2.18. The van der Waals surface area contributed by atoms with Crippen LogP contribution in [-0.2, 0) is 6.18 Å². The highest BCUT2D eigenvalue weighted by Crippen LogP contribution is 2.34. The van der Waals surface area contributed by atoms with E-state index in [0.717, 1.165) is 24.4 Å². The second kappa shape index (κ2) is 5.28. The Hall–Kier alpha value is -2.44. The van der Waals surface area contributed by atoms with Gasteiger partial charge in [-0.1, -0.05) is 12.1 Å². The highest BCUT2D eigenvalue weighted by molar-refractivity contribution is 6.04. The number of rotatable bonds is 2. The molecule has 3 nitrogen and oxygen atoms in total. The molecule has 0 unspecified atom stereocenters. The number of anilines is 1. The Kier molecular flexibility index (Phi) is 3.69. The first-order chi connectivity index (χ1) is 9.39. The van der Waals surface area contributed by atoms with E-state index in [1.54, 1.807) is 0 Å². The van der Waals surface area contributed by atoms with Gasteiger partial charge in [0.2, 0.25) is 5.95 Å². The number of nitrogens with zero attached hydrogens (tertiary/aromatic N) is 1. The van der Waals surface area contributed by atoms with E-state index in [1.165, 1.54) is 18.2 Å². The van der Waals surface area contributed by atoms with Gasteiger partial charge in [0.05, 0.1) is 16.8 Å². The molecular formula is C13H8F4N2O. The van der Waals surface area contributed by atoms with Gasteiger partial charge in [-0.15, -0.1) is 0 Å². The second-order valence-electron chi connectivity index (χ2n) is 3.84. The summed E-state index contributed by atoms with van der Waals surface area (Å²) in [5.41, 5.74) is -1.87. The van der Waals surface area contributed by atoms with Gasteiger partial charge < -0.3 is 5.32 Å². The monoisotopic (exact) mass is 284 g/mol. The van der Waals surface area contributed by atoms with Gasteiger partial charge in [-0.3, -0.25) is 4.79 Å². The summed E-state index contributed by atoms with van der Waals surface area (Å²) in [6, 6.07) is 6.90. The van der Waals surface area contributed by atoms with E-state index in [2.05, 4.69) is 4.98 Å². The SMILES string of the molecule is O=C(Nc1ccccc1C(F)(F)F)c1cccnc1F. The van der Waals surface area contributed by atoms with Crippen molar-refractivity contribution in [1.29, 1.82) is 0 Å². The average molecular weight is 284 g/mol. The predicted molar refractivity (Wildman–Crippen MR) is 63.6 cm³/mol. The van der Waals surface area contributed by atoms with Crippen LogP contribution in [0.4, 0.5) is 23.2 Å². The molecule has 2 rings (SSSR count). The number of carbonyl (C=O) groups excluding carboxylic acids is 1. The lowest BCUT2D eigenvalue weighted by molar-refractivity contribution is -0.136. The third-order valence-electron chi connectivity index (χ3n) is 2.48. The number of para-hydroxylation sites is 1. The van der Waals surface area contributed by atoms with Crippen LogP contribution in [0.25, 0.3) is 0 Å². The summed E-state index contributed by atoms with van der Waals surface area (Å²) < 4.78 is 51.5. The molecule has 104 valence electrons. The third kappa shape index (κ3) is 2.93. The van der Waals surface area contributed by atoms with Crippen LogP contribution < -0.4 is 5.32 Å². The maximum atomic E-state index is 13.3. The third-order valence-corrected chi connectivity index (χ3v) is 2.48. The van der Waals surface area contributed by atoms with E-state index in [4.69, 9.17) is 0 Å². The van der Waals surface area contributed by atoms with E-state index in [0.29, 0.717) is 0 Å². The molecule has 2 aromatic rings. The fourth-order valence-corrected chi connectivity index (χ4v) is 1.58. The molecule has 1 heterocycles. The van der Waals surface area contributed by atoms with Gasteiger partial charge in [0, 0.05) is 6.20 Å². The van der Waals surface area contributed by atoms with E-state index >= 15 is 0 Å². The Morgan fingerprint density at radius 1 is 1.10 bits per heavy atom. The summed E-state index contributed by atoms with van der Waals surface area (Å²) in [5, 5.41) is 2.04. The second-order valence-corrected chi connectivity index (χ2v) is 3.84. The number of pyridine rings is 1. The number of aromatic nitrogens is 1. The summed E-state index contributed by atoms with van der Waals surface area (Å²) in [5.74, 6) is -2.04. The molecule has 20 heavy (non-hydrogen) atoms. The van der Waals surface area contributed by atoms with Crippen molar-refractivity contribution < 1.29 is 22.4 Å². The van der Waals surface area contributed by atoms with Crippen molar-refractivity contribution in [2.45, 2.75) is 6.18 Å². The fourth-order valence-electron chi connectivity index (χ4n) is 1.58. The Morgan fingerprint density at radius 2 is 1.80 bits per heavy atom. The molecule has 0 aliphatic heterocycles. The minimum atomic E-state index is -4.61. The topological polar surface area (TPSA) is 42.0 Å². The zero-order valence-electron chi connectivity index (χ0n) is 9.91. The van der Waals surface area contributed by atoms with Crippen molar-refractivity contribution in [2.75, 3.05) is 5.32 Å². The first-order valence-corrected chi connectivity index (χ1v) is 5.47. The summed E-state index contributed by atoms with van der Waals surface area (Å²) in [6.07, 6.45) is -3.48. The van der Waals surface area contributed by atoms with E-state index < -0.39 is 34.8 Å². The number of alkyl halides is 3. The number of benzene rings is 1. The summed E-state index contributed by atoms with van der Waals surface area (Å²) in [6.45, 7) is 0. The molecule has 0 aliphatic rings. The van der Waals surface area contributed by atoms with Crippen LogP contribution in [-0.4, -0.2) is 10.9 Å². The first kappa shape index (κ1) is 14.0. The molecule has 0 atom stereocenters. The van der Waals surface area contributed by atoms with Crippen LogP contribution in [0.2, 0.25) is 0 Å². The molecule has 0 aliphatic carbocycles. The number of nitrogens with one attached hydrogen (secondary N) is 1. The molecule has 7 heteroatoms. The van der Waals surface area contributed by atoms with Gasteiger partial charge in [0.1, 0.15) is 0 Å². The zero-order chi connectivity index (χ0) is 14.8. The van der Waals surface area contributed by atoms with Crippen LogP contribution in [0.3, 0.4) is 0 Å².